The summed E-state index contributed by atoms with van der Waals surface area (Å²) in [4.78, 5) is 17.6. The molecule has 0 aliphatic carbocycles. The molecule has 1 atom stereocenters. The van der Waals surface area contributed by atoms with E-state index in [-0.39, 0.29) is 0 Å². The van der Waals surface area contributed by atoms with E-state index in [9.17, 15) is 0 Å². The van der Waals surface area contributed by atoms with Crippen LogP contribution in [0.25, 0.3) is 33.7 Å². The van der Waals surface area contributed by atoms with Crippen LogP contribution in [0, 0.1) is 0 Å². The van der Waals surface area contributed by atoms with Gasteiger partial charge in [0.05, 0.1) is 11.4 Å². The first-order valence-corrected chi connectivity index (χ1v) is 14.0. The van der Waals surface area contributed by atoms with Gasteiger partial charge < -0.3 is 9.97 Å². The van der Waals surface area contributed by atoms with Gasteiger partial charge in [0.15, 0.2) is 0 Å². The lowest BCUT2D eigenvalue weighted by Gasteiger charge is -2.06. The third kappa shape index (κ3) is 5.18. The fourth-order valence-corrected chi connectivity index (χ4v) is 5.72. The van der Waals surface area contributed by atoms with Crippen LogP contribution in [0.15, 0.2) is 36.4 Å². The minimum atomic E-state index is 0.472. The number of rotatable bonds is 8. The zero-order chi connectivity index (χ0) is 25.1. The van der Waals surface area contributed by atoms with Crippen molar-refractivity contribution >= 4 is 33.7 Å². The number of hydrogen-bond acceptors (Lipinski definition) is 2. The van der Waals surface area contributed by atoms with E-state index in [1.807, 2.05) is 0 Å². The van der Waals surface area contributed by atoms with Crippen molar-refractivity contribution in [3.05, 3.63) is 70.3 Å². The highest BCUT2D eigenvalue weighted by Crippen LogP contribution is 2.32. The normalized spacial score (nSPS) is 15.3. The maximum Gasteiger partial charge on any atom is 0.0687 e. The van der Waals surface area contributed by atoms with Crippen LogP contribution in [0.2, 0.25) is 0 Å². The van der Waals surface area contributed by atoms with Crippen molar-refractivity contribution in [3.8, 4) is 0 Å². The van der Waals surface area contributed by atoms with Crippen LogP contribution in [0.1, 0.15) is 106 Å². The summed E-state index contributed by atoms with van der Waals surface area (Å²) in [7, 11) is 0. The first-order chi connectivity index (χ1) is 17.6. The highest BCUT2D eigenvalue weighted by Gasteiger charge is 2.21. The molecule has 0 fully saturated rings. The van der Waals surface area contributed by atoms with Crippen LogP contribution >= 0.6 is 0 Å². The average Bonchev–Trinajstić information content (AvgIpc) is 3.59. The number of nitrogens with one attached hydrogen (secondary N) is 2. The zero-order valence-electron chi connectivity index (χ0n) is 22.4. The molecular weight excluding hydrogens is 440 g/mol. The Morgan fingerprint density at radius 1 is 0.722 bits per heavy atom. The van der Waals surface area contributed by atoms with Gasteiger partial charge in [0.1, 0.15) is 0 Å². The molecule has 2 N–H and O–H groups in total. The van der Waals surface area contributed by atoms with Crippen molar-refractivity contribution in [2.24, 2.45) is 0 Å². The Kier molecular flexibility index (Phi) is 7.41. The molecular formula is C32H40N4. The predicted octanol–water partition coefficient (Wildman–Crippen LogP) is 8.69. The van der Waals surface area contributed by atoms with Gasteiger partial charge in [-0.3, -0.25) is 4.98 Å². The van der Waals surface area contributed by atoms with E-state index in [0.717, 1.165) is 79.5 Å². The first-order valence-electron chi connectivity index (χ1n) is 14.0. The van der Waals surface area contributed by atoms with Crippen molar-refractivity contribution in [1.82, 2.24) is 19.9 Å². The minimum Gasteiger partial charge on any atom is -0.355 e. The number of H-pyrrole nitrogens is 2. The lowest BCUT2D eigenvalue weighted by molar-refractivity contribution is 0.629. The van der Waals surface area contributed by atoms with Crippen LogP contribution in [0.5, 0.6) is 0 Å². The highest BCUT2D eigenvalue weighted by atomic mass is 14.8. The molecule has 0 amide bonds. The number of fused-ring (bicyclic) bond motifs is 8. The lowest BCUT2D eigenvalue weighted by Crippen LogP contribution is -1.95. The van der Waals surface area contributed by atoms with Gasteiger partial charge in [-0.15, -0.1) is 0 Å². The van der Waals surface area contributed by atoms with Crippen LogP contribution in [-0.4, -0.2) is 19.9 Å². The Balaban J connectivity index is 1.82. The number of aromatic amines is 2. The fraction of sp³-hybridized carbons (Fsp3) is 0.438. The topological polar surface area (TPSA) is 57.4 Å². The van der Waals surface area contributed by atoms with Crippen molar-refractivity contribution in [3.63, 3.8) is 0 Å². The van der Waals surface area contributed by atoms with Crippen molar-refractivity contribution in [2.45, 2.75) is 91.4 Å². The van der Waals surface area contributed by atoms with Gasteiger partial charge in [0, 0.05) is 39.4 Å². The van der Waals surface area contributed by atoms with Gasteiger partial charge >= 0.3 is 0 Å². The maximum atomic E-state index is 5.15. The third-order valence-corrected chi connectivity index (χ3v) is 7.35. The van der Waals surface area contributed by atoms with Crippen LogP contribution < -0.4 is 0 Å². The van der Waals surface area contributed by atoms with Gasteiger partial charge in [0.2, 0.25) is 0 Å². The lowest BCUT2D eigenvalue weighted by atomic mass is 9.97. The van der Waals surface area contributed by atoms with E-state index in [4.69, 9.17) is 9.97 Å². The SMILES string of the molecule is CCCC1=Cc2cc3[nH]c(cc3CCC)cc3[nH]c(cc4nc(cc1n2)CC4CCC)cc3CCC. The number of aryl methyl sites for hydroxylation is 2. The molecule has 0 aromatic carbocycles. The maximum absolute atomic E-state index is 5.15. The Labute approximate surface area is 215 Å². The largest absolute Gasteiger partial charge is 0.355 e. The summed E-state index contributed by atoms with van der Waals surface area (Å²) >= 11 is 0. The molecule has 2 aliphatic rings. The van der Waals surface area contributed by atoms with E-state index in [1.54, 1.807) is 0 Å². The number of aromatic nitrogens is 4. The summed E-state index contributed by atoms with van der Waals surface area (Å²) in [6.45, 7) is 9.01. The molecule has 2 aliphatic heterocycles. The molecule has 3 aromatic rings. The summed E-state index contributed by atoms with van der Waals surface area (Å²) in [5.74, 6) is 0.472. The molecule has 5 heterocycles. The van der Waals surface area contributed by atoms with Gasteiger partial charge in [-0.2, -0.15) is 0 Å². The van der Waals surface area contributed by atoms with E-state index in [2.05, 4.69) is 80.1 Å². The molecule has 0 saturated heterocycles. The molecule has 0 radical (unpaired) electrons. The standard InChI is InChI=1S/C32H40N4/c1-5-9-21-13-25-18-30-23(11-7-3)15-27(35-30)20-32-24(12-8-4)16-28(36-32)19-31-22(10-6-2)14-26(34-31)17-29(21)33-25/h13-15,17-20,24,33,35H,5-12,16H2,1-4H3. The molecule has 4 heteroatoms. The Bertz CT molecular complexity index is 1420. The summed E-state index contributed by atoms with van der Waals surface area (Å²) in [5, 5.41) is 0. The van der Waals surface area contributed by atoms with Gasteiger partial charge in [0.25, 0.3) is 0 Å². The van der Waals surface area contributed by atoms with Crippen LogP contribution in [0.3, 0.4) is 0 Å². The summed E-state index contributed by atoms with van der Waals surface area (Å²) in [6.07, 6.45) is 12.1. The molecule has 5 rings (SSSR count). The van der Waals surface area contributed by atoms with E-state index in [1.165, 1.54) is 39.8 Å². The number of hydrogen-bond donors (Lipinski definition) is 2. The minimum absolute atomic E-state index is 0.472. The molecule has 0 saturated carbocycles. The second-order valence-electron chi connectivity index (χ2n) is 10.5. The number of allylic oxidation sites excluding steroid dienone is 1. The Morgan fingerprint density at radius 3 is 2.06 bits per heavy atom. The molecule has 1 unspecified atom stereocenters. The second-order valence-corrected chi connectivity index (χ2v) is 10.5. The molecule has 188 valence electrons. The fourth-order valence-electron chi connectivity index (χ4n) is 5.72. The van der Waals surface area contributed by atoms with Crippen molar-refractivity contribution in [1.29, 1.82) is 0 Å². The quantitative estimate of drug-likeness (QED) is 0.339. The van der Waals surface area contributed by atoms with E-state index in [0.29, 0.717) is 5.92 Å². The van der Waals surface area contributed by atoms with Gasteiger partial charge in [-0.1, -0.05) is 53.4 Å². The van der Waals surface area contributed by atoms with Crippen molar-refractivity contribution < 1.29 is 0 Å². The predicted molar refractivity (Wildman–Crippen MR) is 153 cm³/mol. The van der Waals surface area contributed by atoms with Crippen LogP contribution in [-0.2, 0) is 19.3 Å². The number of nitrogens with zero attached hydrogens (tertiary/aromatic N) is 2. The second kappa shape index (κ2) is 10.9. The van der Waals surface area contributed by atoms with Crippen molar-refractivity contribution in [2.75, 3.05) is 0 Å². The highest BCUT2D eigenvalue weighted by molar-refractivity contribution is 5.84. The van der Waals surface area contributed by atoms with E-state index < -0.39 is 0 Å². The monoisotopic (exact) mass is 480 g/mol. The average molecular weight is 481 g/mol. The zero-order valence-corrected chi connectivity index (χ0v) is 22.4. The molecule has 4 nitrogen and oxygen atoms in total. The molecule has 8 bridgehead atoms. The van der Waals surface area contributed by atoms with Gasteiger partial charge in [-0.25, -0.2) is 4.98 Å². The first kappa shape index (κ1) is 24.5. The molecule has 3 aromatic heterocycles. The molecule has 0 spiro atoms. The smallest absolute Gasteiger partial charge is 0.0687 e. The van der Waals surface area contributed by atoms with Crippen LogP contribution in [0.4, 0.5) is 0 Å². The summed E-state index contributed by atoms with van der Waals surface area (Å²) in [5.41, 5.74) is 13.2. The van der Waals surface area contributed by atoms with Gasteiger partial charge in [-0.05, 0) is 91.3 Å². The summed E-state index contributed by atoms with van der Waals surface area (Å²) < 4.78 is 0. The Morgan fingerprint density at radius 2 is 1.39 bits per heavy atom. The Hall–Kier alpha value is -3.14. The molecule has 36 heavy (non-hydrogen) atoms. The summed E-state index contributed by atoms with van der Waals surface area (Å²) in [6, 6.07) is 13.7. The van der Waals surface area contributed by atoms with E-state index >= 15 is 0 Å². The third-order valence-electron chi connectivity index (χ3n) is 7.35.